The maximum absolute atomic E-state index is 14.1. The van der Waals surface area contributed by atoms with E-state index in [0.717, 1.165) is 37.3 Å². The summed E-state index contributed by atoms with van der Waals surface area (Å²) in [6.45, 7) is 3.70. The van der Waals surface area contributed by atoms with Crippen molar-refractivity contribution in [3.63, 3.8) is 0 Å². The monoisotopic (exact) mass is 265 g/mol. The maximum Gasteiger partial charge on any atom is 0.146 e. The maximum atomic E-state index is 14.1. The fourth-order valence-electron chi connectivity index (χ4n) is 3.00. The molecule has 4 heteroatoms. The second-order valence-electron chi connectivity index (χ2n) is 5.58. The Morgan fingerprint density at radius 2 is 2.26 bits per heavy atom. The highest BCUT2D eigenvalue weighted by molar-refractivity contribution is 5.54. The average molecular weight is 265 g/mol. The van der Waals surface area contributed by atoms with Crippen LogP contribution < -0.4 is 10.6 Å². The number of rotatable bonds is 5. The number of halogens is 1. The third-order valence-corrected chi connectivity index (χ3v) is 3.89. The van der Waals surface area contributed by atoms with Crippen LogP contribution in [-0.4, -0.2) is 45.2 Å². The van der Waals surface area contributed by atoms with Crippen molar-refractivity contribution in [2.75, 3.05) is 45.2 Å². The molecule has 2 N–H and O–H groups in total. The van der Waals surface area contributed by atoms with Crippen molar-refractivity contribution in [2.45, 2.75) is 12.8 Å². The molecule has 1 aliphatic heterocycles. The molecule has 0 aromatic heterocycles. The number of benzene rings is 1. The number of anilines is 1. The summed E-state index contributed by atoms with van der Waals surface area (Å²) in [6.07, 6.45) is 1.92. The zero-order chi connectivity index (χ0) is 13.8. The first kappa shape index (κ1) is 14.3. The SMILES string of the molecule is CN1CCC(CN(C)c2c(F)cccc2CCN)C1. The van der Waals surface area contributed by atoms with Crippen LogP contribution in [0.25, 0.3) is 0 Å². The number of hydrogen-bond donors (Lipinski definition) is 1. The van der Waals surface area contributed by atoms with E-state index in [1.54, 1.807) is 6.07 Å². The predicted molar refractivity (Wildman–Crippen MR) is 78.0 cm³/mol. The van der Waals surface area contributed by atoms with E-state index in [-0.39, 0.29) is 5.82 Å². The molecule has 0 bridgehead atoms. The van der Waals surface area contributed by atoms with E-state index in [2.05, 4.69) is 16.8 Å². The molecule has 0 amide bonds. The number of likely N-dealkylation sites (tertiary alicyclic amines) is 1. The van der Waals surface area contributed by atoms with Crippen LogP contribution in [0.2, 0.25) is 0 Å². The fraction of sp³-hybridized carbons (Fsp3) is 0.600. The fourth-order valence-corrected chi connectivity index (χ4v) is 3.00. The van der Waals surface area contributed by atoms with Crippen LogP contribution in [0.4, 0.5) is 10.1 Å². The molecule has 0 radical (unpaired) electrons. The normalized spacial score (nSPS) is 19.9. The van der Waals surface area contributed by atoms with Crippen molar-refractivity contribution in [3.05, 3.63) is 29.6 Å². The Morgan fingerprint density at radius 3 is 2.89 bits per heavy atom. The van der Waals surface area contributed by atoms with Crippen molar-refractivity contribution in [1.82, 2.24) is 4.90 Å². The molecular weight excluding hydrogens is 241 g/mol. The lowest BCUT2D eigenvalue weighted by Gasteiger charge is -2.26. The van der Waals surface area contributed by atoms with E-state index in [1.807, 2.05) is 13.1 Å². The topological polar surface area (TPSA) is 32.5 Å². The number of nitrogens with zero attached hydrogens (tertiary/aromatic N) is 2. The van der Waals surface area contributed by atoms with Gasteiger partial charge in [-0.25, -0.2) is 4.39 Å². The summed E-state index contributed by atoms with van der Waals surface area (Å²) in [5, 5.41) is 0. The summed E-state index contributed by atoms with van der Waals surface area (Å²) in [5.74, 6) is 0.486. The molecule has 0 saturated carbocycles. The first-order chi connectivity index (χ1) is 9.11. The lowest BCUT2D eigenvalue weighted by Crippen LogP contribution is -2.29. The van der Waals surface area contributed by atoms with Crippen LogP contribution in [0.15, 0.2) is 18.2 Å². The number of para-hydroxylation sites is 1. The molecule has 2 rings (SSSR count). The van der Waals surface area contributed by atoms with Crippen LogP contribution in [-0.2, 0) is 6.42 Å². The van der Waals surface area contributed by atoms with E-state index in [4.69, 9.17) is 5.73 Å². The van der Waals surface area contributed by atoms with Crippen molar-refractivity contribution in [1.29, 1.82) is 0 Å². The van der Waals surface area contributed by atoms with Crippen LogP contribution >= 0.6 is 0 Å². The van der Waals surface area contributed by atoms with Gasteiger partial charge < -0.3 is 15.5 Å². The van der Waals surface area contributed by atoms with Gasteiger partial charge in [0.05, 0.1) is 5.69 Å². The van der Waals surface area contributed by atoms with Gasteiger partial charge in [-0.1, -0.05) is 12.1 Å². The molecular formula is C15H24FN3. The van der Waals surface area contributed by atoms with Gasteiger partial charge in [-0.3, -0.25) is 0 Å². The van der Waals surface area contributed by atoms with Crippen molar-refractivity contribution in [2.24, 2.45) is 11.7 Å². The van der Waals surface area contributed by atoms with Crippen LogP contribution in [0.3, 0.4) is 0 Å². The summed E-state index contributed by atoms with van der Waals surface area (Å²) in [6, 6.07) is 5.27. The highest BCUT2D eigenvalue weighted by Gasteiger charge is 2.22. The van der Waals surface area contributed by atoms with Gasteiger partial charge in [0.1, 0.15) is 5.82 Å². The van der Waals surface area contributed by atoms with E-state index in [9.17, 15) is 4.39 Å². The molecule has 1 heterocycles. The highest BCUT2D eigenvalue weighted by atomic mass is 19.1. The van der Waals surface area contributed by atoms with E-state index in [0.29, 0.717) is 12.5 Å². The largest absolute Gasteiger partial charge is 0.372 e. The molecule has 0 aliphatic carbocycles. The van der Waals surface area contributed by atoms with Crippen LogP contribution in [0.5, 0.6) is 0 Å². The lowest BCUT2D eigenvalue weighted by atomic mass is 10.1. The zero-order valence-electron chi connectivity index (χ0n) is 11.9. The summed E-state index contributed by atoms with van der Waals surface area (Å²) < 4.78 is 14.1. The molecule has 3 nitrogen and oxygen atoms in total. The summed E-state index contributed by atoms with van der Waals surface area (Å²) in [5.41, 5.74) is 7.35. The van der Waals surface area contributed by atoms with Crippen LogP contribution in [0.1, 0.15) is 12.0 Å². The molecule has 0 spiro atoms. The third-order valence-electron chi connectivity index (χ3n) is 3.89. The average Bonchev–Trinajstić information content (AvgIpc) is 2.75. The van der Waals surface area contributed by atoms with Gasteiger partial charge in [-0.15, -0.1) is 0 Å². The highest BCUT2D eigenvalue weighted by Crippen LogP contribution is 2.26. The summed E-state index contributed by atoms with van der Waals surface area (Å²) >= 11 is 0. The molecule has 1 unspecified atom stereocenters. The van der Waals surface area contributed by atoms with Gasteiger partial charge in [0.2, 0.25) is 0 Å². The third kappa shape index (κ3) is 3.45. The Bertz CT molecular complexity index is 422. The van der Waals surface area contributed by atoms with Crippen LogP contribution in [0, 0.1) is 11.7 Å². The molecule has 1 aromatic rings. The van der Waals surface area contributed by atoms with Gasteiger partial charge in [-0.05, 0) is 50.5 Å². The second-order valence-corrected chi connectivity index (χ2v) is 5.58. The van der Waals surface area contributed by atoms with Gasteiger partial charge in [0.15, 0.2) is 0 Å². The number of hydrogen-bond acceptors (Lipinski definition) is 3. The summed E-state index contributed by atoms with van der Waals surface area (Å²) in [4.78, 5) is 4.39. The first-order valence-electron chi connectivity index (χ1n) is 6.99. The van der Waals surface area contributed by atoms with E-state index < -0.39 is 0 Å². The predicted octanol–water partition coefficient (Wildman–Crippen LogP) is 1.71. The Hall–Kier alpha value is -1.13. The first-order valence-corrected chi connectivity index (χ1v) is 6.99. The zero-order valence-corrected chi connectivity index (χ0v) is 11.9. The summed E-state index contributed by atoms with van der Waals surface area (Å²) in [7, 11) is 4.12. The Morgan fingerprint density at radius 1 is 1.47 bits per heavy atom. The molecule has 1 fully saturated rings. The molecule has 1 aliphatic rings. The van der Waals surface area contributed by atoms with E-state index in [1.165, 1.54) is 12.5 Å². The molecule has 19 heavy (non-hydrogen) atoms. The molecule has 106 valence electrons. The minimum Gasteiger partial charge on any atom is -0.372 e. The minimum absolute atomic E-state index is 0.139. The van der Waals surface area contributed by atoms with Gasteiger partial charge in [0, 0.05) is 20.1 Å². The van der Waals surface area contributed by atoms with Gasteiger partial charge in [0.25, 0.3) is 0 Å². The van der Waals surface area contributed by atoms with Crippen molar-refractivity contribution >= 4 is 5.69 Å². The van der Waals surface area contributed by atoms with Crippen molar-refractivity contribution < 1.29 is 4.39 Å². The number of nitrogens with two attached hydrogens (primary N) is 1. The molecule has 1 atom stereocenters. The minimum atomic E-state index is -0.139. The molecule has 1 saturated heterocycles. The Labute approximate surface area is 115 Å². The quantitative estimate of drug-likeness (QED) is 0.880. The van der Waals surface area contributed by atoms with E-state index >= 15 is 0 Å². The lowest BCUT2D eigenvalue weighted by molar-refractivity contribution is 0.395. The smallest absolute Gasteiger partial charge is 0.146 e. The molecule has 1 aromatic carbocycles. The Balaban J connectivity index is 2.11. The standard InChI is InChI=1S/C15H24FN3/c1-18-9-7-12(10-18)11-19(2)15-13(6-8-17)4-3-5-14(15)16/h3-5,12H,6-11,17H2,1-2H3. The van der Waals surface area contributed by atoms with Crippen molar-refractivity contribution in [3.8, 4) is 0 Å². The van der Waals surface area contributed by atoms with Gasteiger partial charge >= 0.3 is 0 Å². The van der Waals surface area contributed by atoms with Gasteiger partial charge in [-0.2, -0.15) is 0 Å². The second kappa shape index (κ2) is 6.35. The Kier molecular flexibility index (Phi) is 4.77.